The van der Waals surface area contributed by atoms with E-state index in [1.807, 2.05) is 11.8 Å². The predicted molar refractivity (Wildman–Crippen MR) is 72.4 cm³/mol. The van der Waals surface area contributed by atoms with E-state index < -0.39 is 0 Å². The monoisotopic (exact) mass is 278 g/mol. The summed E-state index contributed by atoms with van der Waals surface area (Å²) in [5.41, 5.74) is 0.547. The number of hydrogen-bond acceptors (Lipinski definition) is 3. The van der Waals surface area contributed by atoms with Gasteiger partial charge in [-0.2, -0.15) is 0 Å². The van der Waals surface area contributed by atoms with Crippen molar-refractivity contribution in [2.75, 3.05) is 19.8 Å². The van der Waals surface area contributed by atoms with E-state index in [1.54, 1.807) is 12.1 Å². The molecular weight excluding hydrogens is 259 g/mol. The quantitative estimate of drug-likeness (QED) is 0.835. The summed E-state index contributed by atoms with van der Waals surface area (Å²) >= 11 is 0. The van der Waals surface area contributed by atoms with Crippen LogP contribution in [0.5, 0.6) is 0 Å². The van der Waals surface area contributed by atoms with Gasteiger partial charge in [0.05, 0.1) is 6.61 Å². The van der Waals surface area contributed by atoms with Crippen LogP contribution in [-0.4, -0.2) is 36.1 Å². The van der Waals surface area contributed by atoms with Gasteiger partial charge in [0.25, 0.3) is 0 Å². The highest BCUT2D eigenvalue weighted by atomic mass is 19.1. The Morgan fingerprint density at radius 3 is 2.70 bits per heavy atom. The first kappa shape index (κ1) is 13.5. The minimum Gasteiger partial charge on any atom is -0.380 e. The van der Waals surface area contributed by atoms with Gasteiger partial charge in [-0.25, -0.2) is 4.39 Å². The van der Waals surface area contributed by atoms with Crippen molar-refractivity contribution in [3.05, 3.63) is 35.6 Å². The molecule has 4 nitrogen and oxygen atoms in total. The molecule has 0 radical (unpaired) electrons. The lowest BCUT2D eigenvalue weighted by Crippen LogP contribution is -2.34. The number of hydrogen-bond donors (Lipinski definition) is 1. The molecule has 108 valence electrons. The molecule has 1 saturated heterocycles. The fourth-order valence-corrected chi connectivity index (χ4v) is 2.72. The number of halogens is 1. The van der Waals surface area contributed by atoms with Gasteiger partial charge in [0.2, 0.25) is 5.91 Å². The maximum absolute atomic E-state index is 13.0. The lowest BCUT2D eigenvalue weighted by molar-refractivity contribution is -0.131. The molecule has 1 heterocycles. The first-order chi connectivity index (χ1) is 9.66. The third kappa shape index (κ3) is 2.31. The SMILES string of the molecule is CCOCCN1C(=O)C2(CC2)NC1c1ccc(F)cc1. The molecule has 1 aromatic carbocycles. The topological polar surface area (TPSA) is 41.6 Å². The van der Waals surface area contributed by atoms with Crippen molar-refractivity contribution < 1.29 is 13.9 Å². The van der Waals surface area contributed by atoms with Crippen molar-refractivity contribution in [3.63, 3.8) is 0 Å². The molecule has 20 heavy (non-hydrogen) atoms. The number of rotatable bonds is 5. The molecule has 1 amide bonds. The smallest absolute Gasteiger partial charge is 0.244 e. The highest BCUT2D eigenvalue weighted by Gasteiger charge is 2.59. The normalized spacial score (nSPS) is 23.6. The van der Waals surface area contributed by atoms with E-state index in [1.165, 1.54) is 12.1 Å². The van der Waals surface area contributed by atoms with Gasteiger partial charge in [-0.3, -0.25) is 10.1 Å². The fraction of sp³-hybridized carbons (Fsp3) is 0.533. The van der Waals surface area contributed by atoms with Crippen molar-refractivity contribution in [2.45, 2.75) is 31.5 Å². The summed E-state index contributed by atoms with van der Waals surface area (Å²) < 4.78 is 18.4. The second-order valence-corrected chi connectivity index (χ2v) is 5.38. The zero-order valence-corrected chi connectivity index (χ0v) is 11.6. The molecule has 1 N–H and O–H groups in total. The van der Waals surface area contributed by atoms with Crippen LogP contribution in [0.1, 0.15) is 31.5 Å². The van der Waals surface area contributed by atoms with Crippen molar-refractivity contribution in [2.24, 2.45) is 0 Å². The summed E-state index contributed by atoms with van der Waals surface area (Å²) in [6, 6.07) is 6.32. The average molecular weight is 278 g/mol. The highest BCUT2D eigenvalue weighted by molar-refractivity contribution is 5.92. The van der Waals surface area contributed by atoms with E-state index in [0.717, 1.165) is 18.4 Å². The summed E-state index contributed by atoms with van der Waals surface area (Å²) in [6.07, 6.45) is 1.59. The molecule has 1 unspecified atom stereocenters. The number of ether oxygens (including phenoxy) is 1. The minimum absolute atomic E-state index is 0.145. The van der Waals surface area contributed by atoms with E-state index in [0.29, 0.717) is 19.8 Å². The molecule has 1 aliphatic heterocycles. The molecule has 5 heteroatoms. The Morgan fingerprint density at radius 1 is 1.40 bits per heavy atom. The number of carbonyl (C=O) groups excluding carboxylic acids is 1. The lowest BCUT2D eigenvalue weighted by atomic mass is 10.1. The van der Waals surface area contributed by atoms with Gasteiger partial charge >= 0.3 is 0 Å². The molecular formula is C15H19FN2O2. The van der Waals surface area contributed by atoms with Gasteiger partial charge in [-0.05, 0) is 37.5 Å². The summed E-state index contributed by atoms with van der Waals surface area (Å²) in [6.45, 7) is 3.66. The van der Waals surface area contributed by atoms with Crippen LogP contribution in [-0.2, 0) is 9.53 Å². The second-order valence-electron chi connectivity index (χ2n) is 5.38. The Hall–Kier alpha value is -1.46. The summed E-state index contributed by atoms with van der Waals surface area (Å²) in [5.74, 6) is -0.119. The van der Waals surface area contributed by atoms with Crippen molar-refractivity contribution in [1.82, 2.24) is 10.2 Å². The van der Waals surface area contributed by atoms with E-state index in [-0.39, 0.29) is 23.4 Å². The Labute approximate surface area is 117 Å². The Morgan fingerprint density at radius 2 is 2.10 bits per heavy atom. The average Bonchev–Trinajstić information content (AvgIpc) is 3.18. The number of carbonyl (C=O) groups is 1. The van der Waals surface area contributed by atoms with Crippen LogP contribution in [0.15, 0.2) is 24.3 Å². The Kier molecular flexibility index (Phi) is 3.48. The van der Waals surface area contributed by atoms with E-state index in [2.05, 4.69) is 5.32 Å². The maximum Gasteiger partial charge on any atom is 0.244 e. The molecule has 1 atom stereocenters. The van der Waals surface area contributed by atoms with Crippen LogP contribution in [0, 0.1) is 5.82 Å². The largest absolute Gasteiger partial charge is 0.380 e. The van der Waals surface area contributed by atoms with E-state index in [4.69, 9.17) is 4.74 Å². The molecule has 1 spiro atoms. The van der Waals surface area contributed by atoms with Crippen LogP contribution in [0.4, 0.5) is 4.39 Å². The molecule has 2 aliphatic rings. The van der Waals surface area contributed by atoms with Gasteiger partial charge in [0.15, 0.2) is 0 Å². The maximum atomic E-state index is 13.0. The van der Waals surface area contributed by atoms with Crippen molar-refractivity contribution in [3.8, 4) is 0 Å². The lowest BCUT2D eigenvalue weighted by Gasteiger charge is -2.24. The molecule has 2 fully saturated rings. The third-order valence-corrected chi connectivity index (χ3v) is 4.01. The first-order valence-corrected chi connectivity index (χ1v) is 7.08. The second kappa shape index (κ2) is 5.14. The summed E-state index contributed by atoms with van der Waals surface area (Å²) in [5, 5.41) is 3.40. The van der Waals surface area contributed by atoms with Gasteiger partial charge in [0, 0.05) is 13.2 Å². The minimum atomic E-state index is -0.370. The molecule has 1 saturated carbocycles. The van der Waals surface area contributed by atoms with Gasteiger partial charge in [-0.15, -0.1) is 0 Å². The van der Waals surface area contributed by atoms with Crippen LogP contribution in [0.2, 0.25) is 0 Å². The third-order valence-electron chi connectivity index (χ3n) is 4.01. The molecule has 0 bridgehead atoms. The van der Waals surface area contributed by atoms with Crippen molar-refractivity contribution >= 4 is 5.91 Å². The first-order valence-electron chi connectivity index (χ1n) is 7.08. The number of nitrogens with one attached hydrogen (secondary N) is 1. The fourth-order valence-electron chi connectivity index (χ4n) is 2.72. The summed E-state index contributed by atoms with van der Waals surface area (Å²) in [7, 11) is 0. The standard InChI is InChI=1S/C15H19FN2O2/c1-2-20-10-9-18-13(11-3-5-12(16)6-4-11)17-15(7-8-15)14(18)19/h3-6,13,17H,2,7-10H2,1H3. The Balaban J connectivity index is 1.79. The Bertz CT molecular complexity index is 499. The highest BCUT2D eigenvalue weighted by Crippen LogP contribution is 2.45. The molecule has 0 aromatic heterocycles. The number of benzene rings is 1. The predicted octanol–water partition coefficient (Wildman–Crippen LogP) is 1.83. The molecule has 1 aromatic rings. The number of nitrogens with zero attached hydrogens (tertiary/aromatic N) is 1. The molecule has 3 rings (SSSR count). The zero-order chi connectivity index (χ0) is 14.2. The van der Waals surface area contributed by atoms with Crippen LogP contribution >= 0.6 is 0 Å². The molecule has 1 aliphatic carbocycles. The van der Waals surface area contributed by atoms with Crippen LogP contribution < -0.4 is 5.32 Å². The van der Waals surface area contributed by atoms with Crippen LogP contribution in [0.25, 0.3) is 0 Å². The van der Waals surface area contributed by atoms with E-state index in [9.17, 15) is 9.18 Å². The number of amides is 1. The van der Waals surface area contributed by atoms with Crippen molar-refractivity contribution in [1.29, 1.82) is 0 Å². The van der Waals surface area contributed by atoms with Gasteiger partial charge in [-0.1, -0.05) is 12.1 Å². The summed E-state index contributed by atoms with van der Waals surface area (Å²) in [4.78, 5) is 14.3. The van der Waals surface area contributed by atoms with Gasteiger partial charge < -0.3 is 9.64 Å². The van der Waals surface area contributed by atoms with Gasteiger partial charge in [0.1, 0.15) is 17.5 Å². The van der Waals surface area contributed by atoms with E-state index >= 15 is 0 Å². The van der Waals surface area contributed by atoms with Crippen LogP contribution in [0.3, 0.4) is 0 Å². The zero-order valence-electron chi connectivity index (χ0n) is 11.6.